The first-order chi connectivity index (χ1) is 31.0. The third-order valence-corrected chi connectivity index (χ3v) is 11.8. The Morgan fingerprint density at radius 2 is 0.619 bits per heavy atom. The summed E-state index contributed by atoms with van der Waals surface area (Å²) in [4.78, 5) is 37.7. The van der Waals surface area contributed by atoms with E-state index in [2.05, 4.69) is 69.4 Å². The highest BCUT2D eigenvalue weighted by Gasteiger charge is 2.19. The zero-order valence-corrected chi connectivity index (χ0v) is 41.8. The summed E-state index contributed by atoms with van der Waals surface area (Å²) < 4.78 is 16.7. The minimum Gasteiger partial charge on any atom is -0.462 e. The molecule has 6 heteroatoms. The Balaban J connectivity index is 4.09. The molecule has 366 valence electrons. The van der Waals surface area contributed by atoms with Gasteiger partial charge in [0.05, 0.1) is 0 Å². The first-order valence-corrected chi connectivity index (χ1v) is 27.1. The average molecular weight is 883 g/mol. The maximum absolute atomic E-state index is 12.7. The molecule has 0 rings (SSSR count). The van der Waals surface area contributed by atoms with Crippen LogP contribution in [0.4, 0.5) is 0 Å². The molecule has 1 atom stereocenters. The van der Waals surface area contributed by atoms with Crippen LogP contribution in [0.25, 0.3) is 0 Å². The molecular formula is C57H102O6. The number of ether oxygens (including phenoxy) is 3. The number of unbranched alkanes of at least 4 members (excludes halogenated alkanes) is 30. The third kappa shape index (κ3) is 50.2. The SMILES string of the molecule is CC/C=C\C/C=C\C/C=C\CCCCCCCCCC(=O)OC(COC(=O)CCCCCCC)COC(=O)CCCCCCCCCCCCC/C=C\CCCCCCCCCC. The van der Waals surface area contributed by atoms with E-state index in [1.54, 1.807) is 0 Å². The molecule has 0 aromatic carbocycles. The molecular weight excluding hydrogens is 781 g/mol. The molecule has 0 fully saturated rings. The highest BCUT2D eigenvalue weighted by Crippen LogP contribution is 2.16. The van der Waals surface area contributed by atoms with Crippen LogP contribution in [-0.4, -0.2) is 37.2 Å². The summed E-state index contributed by atoms with van der Waals surface area (Å²) in [7, 11) is 0. The molecule has 0 aliphatic carbocycles. The number of hydrogen-bond acceptors (Lipinski definition) is 6. The second-order valence-corrected chi connectivity index (χ2v) is 18.1. The number of carbonyl (C=O) groups excluding carboxylic acids is 3. The quantitative estimate of drug-likeness (QED) is 0.0262. The van der Waals surface area contributed by atoms with Gasteiger partial charge < -0.3 is 14.2 Å². The Morgan fingerprint density at radius 3 is 0.984 bits per heavy atom. The molecule has 0 amide bonds. The number of hydrogen-bond donors (Lipinski definition) is 0. The van der Waals surface area contributed by atoms with Crippen molar-refractivity contribution in [1.82, 2.24) is 0 Å². The van der Waals surface area contributed by atoms with Crippen LogP contribution in [0.1, 0.15) is 278 Å². The molecule has 6 nitrogen and oxygen atoms in total. The summed E-state index contributed by atoms with van der Waals surface area (Å²) in [6.07, 6.45) is 62.9. The summed E-state index contributed by atoms with van der Waals surface area (Å²) in [6, 6.07) is 0. The fraction of sp³-hybridized carbons (Fsp3) is 0.807. The van der Waals surface area contributed by atoms with Crippen LogP contribution in [-0.2, 0) is 28.6 Å². The molecule has 0 aromatic rings. The van der Waals surface area contributed by atoms with Crippen LogP contribution in [0, 0.1) is 0 Å². The van der Waals surface area contributed by atoms with Gasteiger partial charge in [-0.25, -0.2) is 0 Å². The molecule has 0 spiro atoms. The van der Waals surface area contributed by atoms with Gasteiger partial charge in [-0.2, -0.15) is 0 Å². The Hall–Kier alpha value is -2.63. The Labute approximate surface area is 390 Å². The van der Waals surface area contributed by atoms with Crippen LogP contribution in [0.15, 0.2) is 48.6 Å². The zero-order valence-electron chi connectivity index (χ0n) is 41.8. The molecule has 0 radical (unpaired) electrons. The van der Waals surface area contributed by atoms with Gasteiger partial charge in [-0.05, 0) is 77.0 Å². The molecule has 0 aliphatic rings. The molecule has 0 aromatic heterocycles. The van der Waals surface area contributed by atoms with Gasteiger partial charge in [0.15, 0.2) is 6.10 Å². The largest absolute Gasteiger partial charge is 0.462 e. The molecule has 63 heavy (non-hydrogen) atoms. The van der Waals surface area contributed by atoms with E-state index < -0.39 is 6.10 Å². The molecule has 0 saturated carbocycles. The third-order valence-electron chi connectivity index (χ3n) is 11.8. The van der Waals surface area contributed by atoms with Crippen molar-refractivity contribution in [2.24, 2.45) is 0 Å². The number of carbonyl (C=O) groups is 3. The van der Waals surface area contributed by atoms with Crippen molar-refractivity contribution in [2.75, 3.05) is 13.2 Å². The lowest BCUT2D eigenvalue weighted by atomic mass is 10.0. The van der Waals surface area contributed by atoms with Crippen LogP contribution >= 0.6 is 0 Å². The van der Waals surface area contributed by atoms with Gasteiger partial charge in [-0.1, -0.05) is 230 Å². The average Bonchev–Trinajstić information content (AvgIpc) is 3.28. The van der Waals surface area contributed by atoms with Gasteiger partial charge in [0.1, 0.15) is 13.2 Å². The lowest BCUT2D eigenvalue weighted by molar-refractivity contribution is -0.167. The van der Waals surface area contributed by atoms with Gasteiger partial charge in [-0.3, -0.25) is 14.4 Å². The van der Waals surface area contributed by atoms with Crippen molar-refractivity contribution >= 4 is 17.9 Å². The van der Waals surface area contributed by atoms with E-state index in [-0.39, 0.29) is 31.1 Å². The zero-order chi connectivity index (χ0) is 45.8. The topological polar surface area (TPSA) is 78.9 Å². The lowest BCUT2D eigenvalue weighted by Crippen LogP contribution is -2.30. The summed E-state index contributed by atoms with van der Waals surface area (Å²) >= 11 is 0. The van der Waals surface area contributed by atoms with Gasteiger partial charge in [0.2, 0.25) is 0 Å². The first-order valence-electron chi connectivity index (χ1n) is 27.1. The summed E-state index contributed by atoms with van der Waals surface area (Å²) in [5, 5.41) is 0. The lowest BCUT2D eigenvalue weighted by Gasteiger charge is -2.18. The standard InChI is InChI=1S/C57H102O6/c1-4-7-10-13-15-17-19-21-23-25-26-27-28-29-30-32-33-35-37-39-41-44-47-50-56(59)62-53-54(52-61-55(58)49-46-43-12-9-6-3)63-57(60)51-48-45-42-40-38-36-34-31-24-22-20-18-16-14-11-8-5-2/h8,11,16,18,22,24-26,54H,4-7,9-10,12-15,17,19-21,23,27-53H2,1-3H3/b11-8-,18-16-,24-22-,26-25-. The Bertz CT molecular complexity index is 1110. The van der Waals surface area contributed by atoms with E-state index in [1.807, 2.05) is 0 Å². The summed E-state index contributed by atoms with van der Waals surface area (Å²) in [5.74, 6) is -0.893. The van der Waals surface area contributed by atoms with Gasteiger partial charge >= 0.3 is 17.9 Å². The second-order valence-electron chi connectivity index (χ2n) is 18.1. The molecule has 1 unspecified atom stereocenters. The smallest absolute Gasteiger partial charge is 0.306 e. The maximum Gasteiger partial charge on any atom is 0.306 e. The van der Waals surface area contributed by atoms with E-state index in [1.165, 1.54) is 148 Å². The van der Waals surface area contributed by atoms with Gasteiger partial charge in [0.25, 0.3) is 0 Å². The number of esters is 3. The minimum absolute atomic E-state index is 0.0764. The maximum atomic E-state index is 12.7. The van der Waals surface area contributed by atoms with Crippen molar-refractivity contribution in [1.29, 1.82) is 0 Å². The highest BCUT2D eigenvalue weighted by atomic mass is 16.6. The van der Waals surface area contributed by atoms with Gasteiger partial charge in [-0.15, -0.1) is 0 Å². The predicted octanol–water partition coefficient (Wildman–Crippen LogP) is 17.9. The van der Waals surface area contributed by atoms with E-state index in [9.17, 15) is 14.4 Å². The van der Waals surface area contributed by atoms with Crippen molar-refractivity contribution in [3.63, 3.8) is 0 Å². The van der Waals surface area contributed by atoms with Crippen LogP contribution in [0.3, 0.4) is 0 Å². The van der Waals surface area contributed by atoms with Crippen LogP contribution in [0.5, 0.6) is 0 Å². The van der Waals surface area contributed by atoms with Crippen molar-refractivity contribution in [3.05, 3.63) is 48.6 Å². The van der Waals surface area contributed by atoms with Crippen molar-refractivity contribution < 1.29 is 28.6 Å². The first kappa shape index (κ1) is 60.4. The predicted molar refractivity (Wildman–Crippen MR) is 270 cm³/mol. The number of allylic oxidation sites excluding steroid dienone is 8. The molecule has 0 N–H and O–H groups in total. The van der Waals surface area contributed by atoms with Crippen LogP contribution < -0.4 is 0 Å². The molecule has 0 bridgehead atoms. The molecule has 0 heterocycles. The van der Waals surface area contributed by atoms with E-state index in [4.69, 9.17) is 14.2 Å². The monoisotopic (exact) mass is 883 g/mol. The summed E-state index contributed by atoms with van der Waals surface area (Å²) in [6.45, 7) is 6.46. The van der Waals surface area contributed by atoms with E-state index in [0.29, 0.717) is 19.3 Å². The van der Waals surface area contributed by atoms with E-state index >= 15 is 0 Å². The van der Waals surface area contributed by atoms with Crippen LogP contribution in [0.2, 0.25) is 0 Å². The second kappa shape index (κ2) is 52.0. The van der Waals surface area contributed by atoms with Gasteiger partial charge in [0, 0.05) is 19.3 Å². The van der Waals surface area contributed by atoms with Crippen molar-refractivity contribution in [3.8, 4) is 0 Å². The normalized spacial score (nSPS) is 12.4. The fourth-order valence-corrected chi connectivity index (χ4v) is 7.75. The Morgan fingerprint density at radius 1 is 0.333 bits per heavy atom. The molecule has 0 aliphatic heterocycles. The minimum atomic E-state index is -0.773. The number of rotatable bonds is 49. The van der Waals surface area contributed by atoms with E-state index in [0.717, 1.165) is 89.9 Å². The Kier molecular flexibility index (Phi) is 49.8. The molecule has 0 saturated heterocycles. The van der Waals surface area contributed by atoms with Crippen molar-refractivity contribution in [2.45, 2.75) is 284 Å². The highest BCUT2D eigenvalue weighted by molar-refractivity contribution is 5.71. The summed E-state index contributed by atoms with van der Waals surface area (Å²) in [5.41, 5.74) is 0. The fourth-order valence-electron chi connectivity index (χ4n) is 7.75.